The molecule has 0 spiro atoms. The smallest absolute Gasteiger partial charge is 0.0737 e. The third-order valence-corrected chi connectivity index (χ3v) is 12.9. The summed E-state index contributed by atoms with van der Waals surface area (Å²) in [6.07, 6.45) is 15.6. The second-order valence-electron chi connectivity index (χ2n) is 17.4. The van der Waals surface area contributed by atoms with Crippen LogP contribution in [0.1, 0.15) is 22.8 Å². The van der Waals surface area contributed by atoms with Crippen LogP contribution >= 0.6 is 0 Å². The number of aromatic amines is 1. The monoisotopic (exact) mass is 924 g/mol. The number of aromatic nitrogens is 7. The molecule has 0 unspecified atom stereocenters. The number of nitrogens with zero attached hydrogens (tertiary/aromatic N) is 6. The molecular weight excluding hydrogens is 881 g/mol. The summed E-state index contributed by atoms with van der Waals surface area (Å²) in [6, 6.07) is 68.0. The topological polar surface area (TPSA) is 119 Å². The van der Waals surface area contributed by atoms with Crippen LogP contribution in [0.4, 0.5) is 5.69 Å². The molecule has 0 saturated heterocycles. The number of anilines is 1. The van der Waals surface area contributed by atoms with Gasteiger partial charge in [0.2, 0.25) is 0 Å². The van der Waals surface area contributed by atoms with Crippen molar-refractivity contribution in [3.63, 3.8) is 0 Å². The number of nitrogen functional groups attached to an aromatic ring is 1. The fraction of sp³-hybridized carbons (Fsp3) is 0. The van der Waals surface area contributed by atoms with Gasteiger partial charge in [-0.3, -0.25) is 19.9 Å². The van der Waals surface area contributed by atoms with E-state index in [1.807, 2.05) is 110 Å². The zero-order valence-electron chi connectivity index (χ0n) is 38.9. The van der Waals surface area contributed by atoms with Crippen LogP contribution in [0.15, 0.2) is 225 Å². The summed E-state index contributed by atoms with van der Waals surface area (Å²) in [7, 11) is 0. The number of rotatable bonds is 8. The largest absolute Gasteiger partial charge is 0.398 e. The van der Waals surface area contributed by atoms with Crippen molar-refractivity contribution in [1.82, 2.24) is 34.9 Å². The first-order chi connectivity index (χ1) is 35.6. The van der Waals surface area contributed by atoms with Gasteiger partial charge in [0.25, 0.3) is 0 Å². The van der Waals surface area contributed by atoms with Gasteiger partial charge in [-0.05, 0) is 113 Å². The van der Waals surface area contributed by atoms with E-state index in [0.29, 0.717) is 5.69 Å². The standard InChI is InChI=1S/C64H44N8/c65-51-11-9-10-50(42-16-18-43(19-17-42)52-12-1-5-38-66-52)56-32-33-58(70-56)63(48-28-22-45(23-29-48)54-14-3-7-40-68-54)60-36-37-61(72-60)64(49-30-24-46(25-31-49)55-15-4-8-41-69-55)59-35-34-57(71-59)62(51)47-26-20-44(21-27-47)53-13-2-6-39-67-53/h1-41,72H,65H2. The maximum Gasteiger partial charge on any atom is 0.0737 e. The Balaban J connectivity index is 1.12. The third-order valence-electron chi connectivity index (χ3n) is 12.9. The van der Waals surface area contributed by atoms with E-state index in [-0.39, 0.29) is 0 Å². The van der Waals surface area contributed by atoms with Crippen LogP contribution in [-0.4, -0.2) is 34.9 Å². The molecule has 0 fully saturated rings. The van der Waals surface area contributed by atoms with Gasteiger partial charge in [-0.15, -0.1) is 0 Å². The van der Waals surface area contributed by atoms with E-state index in [0.717, 1.165) is 123 Å². The molecule has 8 nitrogen and oxygen atoms in total. The Morgan fingerprint density at radius 1 is 0.278 bits per heavy atom. The van der Waals surface area contributed by atoms with Crippen molar-refractivity contribution in [2.24, 2.45) is 0 Å². The highest BCUT2D eigenvalue weighted by Gasteiger charge is 2.18. The van der Waals surface area contributed by atoms with Gasteiger partial charge in [0, 0.05) is 86.0 Å². The number of nitrogens with one attached hydrogen (secondary N) is 1. The van der Waals surface area contributed by atoms with Crippen LogP contribution in [0.3, 0.4) is 0 Å². The predicted octanol–water partition coefficient (Wildman–Crippen LogP) is 15.2. The molecule has 0 aliphatic carbocycles. The summed E-state index contributed by atoms with van der Waals surface area (Å²) in [6.45, 7) is 0. The van der Waals surface area contributed by atoms with Gasteiger partial charge in [-0.25, -0.2) is 9.97 Å². The van der Waals surface area contributed by atoms with Gasteiger partial charge in [0.1, 0.15) is 0 Å². The predicted molar refractivity (Wildman–Crippen MR) is 295 cm³/mol. The highest BCUT2D eigenvalue weighted by molar-refractivity contribution is 5.97. The van der Waals surface area contributed by atoms with Gasteiger partial charge < -0.3 is 10.7 Å². The molecule has 72 heavy (non-hydrogen) atoms. The lowest BCUT2D eigenvalue weighted by atomic mass is 10.00. The second-order valence-corrected chi connectivity index (χ2v) is 17.4. The number of hydrogen-bond donors (Lipinski definition) is 2. The molecule has 8 heteroatoms. The Morgan fingerprint density at radius 2 is 0.611 bits per heavy atom. The molecule has 6 bridgehead atoms. The van der Waals surface area contributed by atoms with Crippen LogP contribution in [0, 0.1) is 0 Å². The van der Waals surface area contributed by atoms with Gasteiger partial charge in [-0.1, -0.05) is 133 Å². The molecular formula is C64H44N8. The number of nitrogens with two attached hydrogens (primary N) is 1. The quantitative estimate of drug-likeness (QED) is 0.156. The second kappa shape index (κ2) is 19.2. The summed E-state index contributed by atoms with van der Waals surface area (Å²) in [5, 5.41) is 0. The van der Waals surface area contributed by atoms with E-state index in [1.165, 1.54) is 0 Å². The molecule has 2 aliphatic heterocycles. The number of hydrogen-bond acceptors (Lipinski definition) is 7. The highest BCUT2D eigenvalue weighted by Crippen LogP contribution is 2.39. The molecule has 340 valence electrons. The van der Waals surface area contributed by atoms with Crippen LogP contribution < -0.4 is 5.73 Å². The minimum atomic E-state index is 0.556. The van der Waals surface area contributed by atoms with Crippen LogP contribution in [0.2, 0.25) is 0 Å². The van der Waals surface area contributed by atoms with Crippen LogP contribution in [0.25, 0.3) is 125 Å². The maximum absolute atomic E-state index is 7.25. The molecule has 0 radical (unpaired) electrons. The molecule has 0 saturated carbocycles. The first-order valence-electron chi connectivity index (χ1n) is 23.8. The van der Waals surface area contributed by atoms with Crippen molar-refractivity contribution in [2.75, 3.05) is 5.73 Å². The van der Waals surface area contributed by atoms with Gasteiger partial charge in [-0.2, -0.15) is 0 Å². The van der Waals surface area contributed by atoms with Crippen molar-refractivity contribution >= 4 is 41.0 Å². The number of benzene rings is 4. The molecule has 6 aromatic heterocycles. The lowest BCUT2D eigenvalue weighted by Crippen LogP contribution is -1.93. The van der Waals surface area contributed by atoms with E-state index in [9.17, 15) is 0 Å². The Bertz CT molecular complexity index is 3850. The van der Waals surface area contributed by atoms with E-state index in [4.69, 9.17) is 15.7 Å². The Kier molecular flexibility index (Phi) is 11.6. The van der Waals surface area contributed by atoms with Gasteiger partial charge in [0.05, 0.1) is 45.6 Å². The lowest BCUT2D eigenvalue weighted by Gasteiger charge is -2.08. The minimum absolute atomic E-state index is 0.556. The average Bonchev–Trinajstić information content (AvgIpc) is 4.25. The van der Waals surface area contributed by atoms with Gasteiger partial charge in [0.15, 0.2) is 0 Å². The fourth-order valence-corrected chi connectivity index (χ4v) is 9.36. The summed E-state index contributed by atoms with van der Waals surface area (Å²) < 4.78 is 0. The van der Waals surface area contributed by atoms with Crippen LogP contribution in [0.5, 0.6) is 0 Å². The Morgan fingerprint density at radius 3 is 1.00 bits per heavy atom. The summed E-state index contributed by atoms with van der Waals surface area (Å²) in [4.78, 5) is 33.2. The van der Waals surface area contributed by atoms with E-state index >= 15 is 0 Å². The number of pyridine rings is 4. The average molecular weight is 925 g/mol. The molecule has 12 rings (SSSR count). The third kappa shape index (κ3) is 8.72. The molecule has 0 amide bonds. The lowest BCUT2D eigenvalue weighted by molar-refractivity contribution is 1.31. The fourth-order valence-electron chi connectivity index (χ4n) is 9.36. The minimum Gasteiger partial charge on any atom is -0.398 e. The highest BCUT2D eigenvalue weighted by atomic mass is 14.8. The molecule has 2 aliphatic rings. The van der Waals surface area contributed by atoms with Crippen molar-refractivity contribution in [3.8, 4) is 89.5 Å². The Hall–Kier alpha value is -9.92. The van der Waals surface area contributed by atoms with Crippen molar-refractivity contribution in [2.45, 2.75) is 0 Å². The Labute approximate surface area is 417 Å². The summed E-state index contributed by atoms with van der Waals surface area (Å²) in [5.74, 6) is 0. The number of fused-ring (bicyclic) bond motifs is 6. The first kappa shape index (κ1) is 43.4. The zero-order chi connectivity index (χ0) is 48.2. The van der Waals surface area contributed by atoms with Gasteiger partial charge >= 0.3 is 0 Å². The van der Waals surface area contributed by atoms with Crippen LogP contribution in [-0.2, 0) is 0 Å². The molecule has 0 atom stereocenters. The summed E-state index contributed by atoms with van der Waals surface area (Å²) in [5.41, 5.74) is 28.0. The van der Waals surface area contributed by atoms with Crippen molar-refractivity contribution in [3.05, 3.63) is 248 Å². The summed E-state index contributed by atoms with van der Waals surface area (Å²) >= 11 is 0. The van der Waals surface area contributed by atoms with Crippen molar-refractivity contribution < 1.29 is 0 Å². The molecule has 4 aromatic carbocycles. The van der Waals surface area contributed by atoms with E-state index < -0.39 is 0 Å². The van der Waals surface area contributed by atoms with Crippen molar-refractivity contribution in [1.29, 1.82) is 0 Å². The zero-order valence-corrected chi connectivity index (χ0v) is 38.9. The molecule has 10 aromatic rings. The number of H-pyrrole nitrogens is 1. The molecule has 8 heterocycles. The van der Waals surface area contributed by atoms with E-state index in [1.54, 1.807) is 0 Å². The SMILES string of the molecule is Nc1cccc(-c2ccc(-c3ccccn3)cc2)c2nc(c(-c3ccc(-c4ccccn4)cc3)c3ccc([nH]3)c(-c3ccc(-c4ccccn4)cc3)c3nc(c1-c1ccc(-c4ccccn4)cc1)C=C3)C=C2. The normalized spacial score (nSPS) is 11.6. The van der Waals surface area contributed by atoms with E-state index in [2.05, 4.69) is 164 Å². The molecule has 3 N–H and O–H groups in total. The maximum atomic E-state index is 7.25. The first-order valence-corrected chi connectivity index (χ1v) is 23.8.